The Hall–Kier alpha value is -9.39. The molecule has 0 atom stereocenters. The molecule has 1 aliphatic carbocycles. The van der Waals surface area contributed by atoms with Crippen LogP contribution in [0.25, 0.3) is 132 Å². The van der Waals surface area contributed by atoms with Crippen LogP contribution in [0.2, 0.25) is 0 Å². The van der Waals surface area contributed by atoms with Crippen molar-refractivity contribution in [2.75, 3.05) is 0 Å². The van der Waals surface area contributed by atoms with E-state index >= 15 is 0 Å². The van der Waals surface area contributed by atoms with Gasteiger partial charge >= 0.3 is 0 Å². The van der Waals surface area contributed by atoms with Crippen LogP contribution < -0.4 is 13.7 Å². The summed E-state index contributed by atoms with van der Waals surface area (Å²) in [5.41, 5.74) is 20.6. The molecule has 0 unspecified atom stereocenters. The number of hydrogen-bond acceptors (Lipinski definition) is 3. The van der Waals surface area contributed by atoms with Crippen LogP contribution in [0.4, 0.5) is 0 Å². The van der Waals surface area contributed by atoms with Gasteiger partial charge in [0.15, 0.2) is 18.6 Å². The van der Waals surface area contributed by atoms with E-state index in [0.717, 1.165) is 108 Å². The number of fused-ring (bicyclic) bond motifs is 13. The number of rotatable bonds is 4. The Morgan fingerprint density at radius 2 is 0.807 bits per heavy atom. The van der Waals surface area contributed by atoms with Gasteiger partial charge in [0.25, 0.3) is 0 Å². The molecule has 0 saturated heterocycles. The Balaban J connectivity index is 0.000000137. The third kappa shape index (κ3) is 11.0. The standard InChI is InChI=1S/C31H32NO.C25H22NO.C23H18NO.3CH4/c1-20-7-5-6-8-24(20)28-18-29-27(19-32(28)4)26-12-10-23-17-22(9-11-25(23)30(26)33-29)21-13-15-31(2,3)16-14-21;1-15-6-8-20(17(3)9-15)23-13-25-22(14-26(23)4)21-11-18-7-5-16(2)10-19(18)12-24(21)27-25;1-15-7-3-6-10-18(15)21-13-23-20(14-24(21)2)19-11-16-8-4-5-9-17(16)12-22(19)25-23;;;/h5-12,17-19,21H,13-16H2,1-4H3;5-14H,1-4H3;3-14H,1-2H3;3*1H4/q3*+1;;;/i21D;;;;;. The highest BCUT2D eigenvalue weighted by molar-refractivity contribution is 6.15. The van der Waals surface area contributed by atoms with Crippen molar-refractivity contribution in [1.29, 1.82) is 0 Å². The van der Waals surface area contributed by atoms with E-state index in [0.29, 0.717) is 5.41 Å². The largest absolute Gasteiger partial charge is 0.456 e. The average molecular weight is 1160 g/mol. The number of aromatic nitrogens is 3. The van der Waals surface area contributed by atoms with E-state index in [2.05, 4.69) is 284 Å². The van der Waals surface area contributed by atoms with Gasteiger partial charge < -0.3 is 13.3 Å². The third-order valence-electron chi connectivity index (χ3n) is 18.3. The van der Waals surface area contributed by atoms with Crippen molar-refractivity contribution in [3.8, 4) is 33.8 Å². The van der Waals surface area contributed by atoms with E-state index in [1.165, 1.54) is 82.5 Å². The molecule has 88 heavy (non-hydrogen) atoms. The van der Waals surface area contributed by atoms with E-state index in [4.69, 9.17) is 13.3 Å². The fourth-order valence-electron chi connectivity index (χ4n) is 13.3. The molecule has 6 aromatic heterocycles. The first-order chi connectivity index (χ1) is 41.4. The van der Waals surface area contributed by atoms with Crippen molar-refractivity contribution in [3.63, 3.8) is 0 Å². The summed E-state index contributed by atoms with van der Waals surface area (Å²) in [7, 11) is 6.31. The third-order valence-corrected chi connectivity index (χ3v) is 18.3. The monoisotopic (exact) mass is 1160 g/mol. The summed E-state index contributed by atoms with van der Waals surface area (Å²) in [5.74, 6) is -0.483. The number of benzene rings is 9. The van der Waals surface area contributed by atoms with E-state index in [1.807, 2.05) is 0 Å². The summed E-state index contributed by atoms with van der Waals surface area (Å²) in [4.78, 5) is 0. The Morgan fingerprint density at radius 3 is 1.36 bits per heavy atom. The van der Waals surface area contributed by atoms with Gasteiger partial charge in [-0.15, -0.1) is 0 Å². The zero-order chi connectivity index (χ0) is 59.3. The number of aryl methyl sites for hydroxylation is 8. The Bertz CT molecular complexity index is 5220. The number of hydrogen-bond donors (Lipinski definition) is 0. The molecule has 0 bridgehead atoms. The van der Waals surface area contributed by atoms with Crippen LogP contribution in [0.3, 0.4) is 0 Å². The lowest BCUT2D eigenvalue weighted by atomic mass is 9.71. The first-order valence-corrected chi connectivity index (χ1v) is 29.9. The summed E-state index contributed by atoms with van der Waals surface area (Å²) < 4.78 is 34.7. The van der Waals surface area contributed by atoms with E-state index in [-0.39, 0.29) is 22.3 Å². The van der Waals surface area contributed by atoms with Crippen molar-refractivity contribution in [1.82, 2.24) is 0 Å². The maximum absolute atomic E-state index is 9.18. The van der Waals surface area contributed by atoms with Crippen molar-refractivity contribution in [2.45, 2.75) is 102 Å². The molecule has 0 spiro atoms. The van der Waals surface area contributed by atoms with Crippen molar-refractivity contribution in [2.24, 2.45) is 26.6 Å². The van der Waals surface area contributed by atoms with E-state index in [9.17, 15) is 1.37 Å². The van der Waals surface area contributed by atoms with Gasteiger partial charge in [-0.2, -0.15) is 0 Å². The second-order valence-corrected chi connectivity index (χ2v) is 24.9. The molecule has 9 aromatic carbocycles. The smallest absolute Gasteiger partial charge is 0.216 e. The molecular weight excluding hydrogens is 1070 g/mol. The van der Waals surface area contributed by atoms with Gasteiger partial charge in [-0.25, -0.2) is 13.7 Å². The molecule has 1 fully saturated rings. The SMILES string of the molecule is C.C.C.Cc1ccc(-c2cc3oc4cc5cc(C)ccc5cc4c3c[n+]2C)c(C)c1.Cc1ccccc1-c1cc2oc3cc4ccccc4cc3c2c[n+]1C.[2H]C1(c2ccc3c(ccc4c5c[n+](C)c(-c6ccccc6C)cc5oc34)c2)CCC(C)(C)CC1. The average Bonchev–Trinajstić information content (AvgIpc) is 1.99. The fourth-order valence-corrected chi connectivity index (χ4v) is 13.3. The molecule has 6 heterocycles. The molecule has 16 rings (SSSR count). The summed E-state index contributed by atoms with van der Waals surface area (Å²) in [6.07, 6.45) is 10.6. The minimum atomic E-state index is -0.483. The summed E-state index contributed by atoms with van der Waals surface area (Å²) in [6.45, 7) is 15.4. The second kappa shape index (κ2) is 23.7. The van der Waals surface area contributed by atoms with Crippen LogP contribution in [0.1, 0.15) is 102 Å². The summed E-state index contributed by atoms with van der Waals surface area (Å²) >= 11 is 0. The highest BCUT2D eigenvalue weighted by atomic mass is 16.3. The molecule has 0 amide bonds. The lowest BCUT2D eigenvalue weighted by Crippen LogP contribution is -2.30. The lowest BCUT2D eigenvalue weighted by molar-refractivity contribution is -0.659. The molecule has 6 nitrogen and oxygen atoms in total. The van der Waals surface area contributed by atoms with Crippen molar-refractivity contribution < 1.29 is 28.3 Å². The van der Waals surface area contributed by atoms with Gasteiger partial charge in [-0.05, 0) is 169 Å². The fraction of sp³-hybridized carbons (Fsp3) is 0.232. The van der Waals surface area contributed by atoms with Crippen molar-refractivity contribution in [3.05, 3.63) is 234 Å². The van der Waals surface area contributed by atoms with Gasteiger partial charge in [0.2, 0.25) is 17.1 Å². The van der Waals surface area contributed by atoms with Gasteiger partial charge in [-0.3, -0.25) is 0 Å². The molecule has 0 aliphatic heterocycles. The van der Waals surface area contributed by atoms with Gasteiger partial charge in [0.05, 0.1) is 34.4 Å². The molecule has 1 aliphatic rings. The highest BCUT2D eigenvalue weighted by Crippen LogP contribution is 2.44. The highest BCUT2D eigenvalue weighted by Gasteiger charge is 2.28. The van der Waals surface area contributed by atoms with Crippen LogP contribution in [0, 0.1) is 40.0 Å². The molecule has 0 radical (unpaired) electrons. The van der Waals surface area contributed by atoms with E-state index < -0.39 is 5.89 Å². The summed E-state index contributed by atoms with van der Waals surface area (Å²) in [6, 6.07) is 64.7. The first-order valence-electron chi connectivity index (χ1n) is 30.4. The minimum Gasteiger partial charge on any atom is -0.456 e. The molecule has 442 valence electrons. The number of furan rings is 3. The van der Waals surface area contributed by atoms with Crippen molar-refractivity contribution >= 4 is 98.1 Å². The van der Waals surface area contributed by atoms with Crippen LogP contribution in [-0.4, -0.2) is 0 Å². The maximum Gasteiger partial charge on any atom is 0.216 e. The summed E-state index contributed by atoms with van der Waals surface area (Å²) in [5, 5.41) is 14.1. The molecule has 1 saturated carbocycles. The Kier molecular flexibility index (Phi) is 15.9. The first kappa shape index (κ1) is 59.0. The predicted octanol–water partition coefficient (Wildman–Crippen LogP) is 21.8. The Morgan fingerprint density at radius 1 is 0.375 bits per heavy atom. The number of nitrogens with zero attached hydrogens (tertiary/aromatic N) is 3. The minimum absolute atomic E-state index is 0. The van der Waals surface area contributed by atoms with Gasteiger partial charge in [0.1, 0.15) is 54.6 Å². The quantitative estimate of drug-likeness (QED) is 0.165. The zero-order valence-corrected chi connectivity index (χ0v) is 50.4. The van der Waals surface area contributed by atoms with Gasteiger partial charge in [-0.1, -0.05) is 163 Å². The Labute approximate surface area is 520 Å². The maximum atomic E-state index is 9.18. The topological polar surface area (TPSA) is 51.1 Å². The number of pyridine rings is 3. The molecule has 6 heteroatoms. The van der Waals surface area contributed by atoms with Crippen LogP contribution in [0.15, 0.2) is 214 Å². The van der Waals surface area contributed by atoms with Gasteiger partial charge in [0, 0.05) is 39.6 Å². The lowest BCUT2D eigenvalue weighted by Gasteiger charge is -2.34. The second-order valence-electron chi connectivity index (χ2n) is 24.9. The van der Waals surface area contributed by atoms with Crippen LogP contribution >= 0.6 is 0 Å². The zero-order valence-electron chi connectivity index (χ0n) is 51.4. The predicted molar refractivity (Wildman–Crippen MR) is 372 cm³/mol. The molecular formula is C82H84N3O3+3. The van der Waals surface area contributed by atoms with Crippen LogP contribution in [0.5, 0.6) is 0 Å². The van der Waals surface area contributed by atoms with Crippen LogP contribution in [-0.2, 0) is 21.1 Å². The molecule has 0 N–H and O–H groups in total. The molecule has 15 aromatic rings. The van der Waals surface area contributed by atoms with E-state index in [1.54, 1.807) is 0 Å². The normalized spacial score (nSPS) is 13.7.